The Labute approximate surface area is 115 Å². The van der Waals surface area contributed by atoms with E-state index in [4.69, 9.17) is 10.7 Å². The summed E-state index contributed by atoms with van der Waals surface area (Å²) in [6.07, 6.45) is 11.7. The molecule has 2 aliphatic rings. The minimum atomic E-state index is 0.0768. The van der Waals surface area contributed by atoms with Gasteiger partial charge >= 0.3 is 0 Å². The normalized spacial score (nSPS) is 23.9. The van der Waals surface area contributed by atoms with Crippen LogP contribution in [0.1, 0.15) is 81.4 Å². The zero-order valence-corrected chi connectivity index (χ0v) is 12.0. The summed E-state index contributed by atoms with van der Waals surface area (Å²) in [5.41, 5.74) is 6.46. The Balaban J connectivity index is 1.75. The van der Waals surface area contributed by atoms with Gasteiger partial charge in [-0.3, -0.25) is 4.68 Å². The molecule has 0 spiro atoms. The van der Waals surface area contributed by atoms with E-state index in [1.165, 1.54) is 57.8 Å². The van der Waals surface area contributed by atoms with Gasteiger partial charge in [0.1, 0.15) is 5.82 Å². The van der Waals surface area contributed by atoms with Crippen molar-refractivity contribution in [2.75, 3.05) is 0 Å². The van der Waals surface area contributed by atoms with Crippen LogP contribution >= 0.6 is 0 Å². The van der Waals surface area contributed by atoms with Crippen LogP contribution in [0.25, 0.3) is 0 Å². The fourth-order valence-corrected chi connectivity index (χ4v) is 3.77. The van der Waals surface area contributed by atoms with Crippen LogP contribution < -0.4 is 5.73 Å². The number of hydrogen-bond acceptors (Lipinski definition) is 3. The van der Waals surface area contributed by atoms with E-state index in [9.17, 15) is 0 Å². The Morgan fingerprint density at radius 3 is 2.37 bits per heavy atom. The zero-order valence-electron chi connectivity index (χ0n) is 12.0. The molecule has 0 aliphatic heterocycles. The summed E-state index contributed by atoms with van der Waals surface area (Å²) in [4.78, 5) is 4.79. The van der Waals surface area contributed by atoms with E-state index in [0.717, 1.165) is 11.6 Å². The van der Waals surface area contributed by atoms with E-state index < -0.39 is 0 Å². The lowest BCUT2D eigenvalue weighted by atomic mass is 9.84. The summed E-state index contributed by atoms with van der Waals surface area (Å²) in [7, 11) is 2.00. The molecule has 2 aliphatic carbocycles. The molecule has 1 aromatic heterocycles. The van der Waals surface area contributed by atoms with Crippen molar-refractivity contribution >= 4 is 0 Å². The second-order valence-electron chi connectivity index (χ2n) is 6.36. The predicted octanol–water partition coefficient (Wildman–Crippen LogP) is 3.05. The van der Waals surface area contributed by atoms with E-state index in [2.05, 4.69) is 5.10 Å². The Hall–Kier alpha value is -0.900. The van der Waals surface area contributed by atoms with Crippen molar-refractivity contribution in [3.63, 3.8) is 0 Å². The van der Waals surface area contributed by atoms with Gasteiger partial charge in [0.05, 0.1) is 6.04 Å². The van der Waals surface area contributed by atoms with Gasteiger partial charge in [0.15, 0.2) is 5.82 Å². The Bertz CT molecular complexity index is 414. The molecule has 0 bridgehead atoms. The highest BCUT2D eigenvalue weighted by Crippen LogP contribution is 2.35. The Morgan fingerprint density at radius 1 is 1.05 bits per heavy atom. The quantitative estimate of drug-likeness (QED) is 0.910. The lowest BCUT2D eigenvalue weighted by molar-refractivity contribution is 0.296. The van der Waals surface area contributed by atoms with Crippen LogP contribution in [0.2, 0.25) is 0 Å². The smallest absolute Gasteiger partial charge is 0.154 e. The molecular weight excluding hydrogens is 236 g/mol. The molecule has 4 nitrogen and oxygen atoms in total. The van der Waals surface area contributed by atoms with E-state index in [-0.39, 0.29) is 6.04 Å². The molecule has 0 radical (unpaired) electrons. The maximum Gasteiger partial charge on any atom is 0.154 e. The monoisotopic (exact) mass is 262 g/mol. The van der Waals surface area contributed by atoms with Crippen LogP contribution in [0.3, 0.4) is 0 Å². The van der Waals surface area contributed by atoms with Gasteiger partial charge in [0.2, 0.25) is 0 Å². The summed E-state index contributed by atoms with van der Waals surface area (Å²) in [6, 6.07) is 0.0768. The van der Waals surface area contributed by atoms with Crippen molar-refractivity contribution in [2.45, 2.75) is 69.7 Å². The molecule has 0 amide bonds. The summed E-state index contributed by atoms with van der Waals surface area (Å²) in [5.74, 6) is 3.24. The van der Waals surface area contributed by atoms with Crippen LogP contribution in [-0.4, -0.2) is 14.8 Å². The summed E-state index contributed by atoms with van der Waals surface area (Å²) in [6.45, 7) is 0. The molecule has 1 atom stereocenters. The van der Waals surface area contributed by atoms with Gasteiger partial charge in [-0.25, -0.2) is 4.98 Å². The van der Waals surface area contributed by atoms with Crippen molar-refractivity contribution in [3.05, 3.63) is 11.6 Å². The average molecular weight is 262 g/mol. The topological polar surface area (TPSA) is 56.7 Å². The van der Waals surface area contributed by atoms with Crippen molar-refractivity contribution in [1.29, 1.82) is 0 Å². The number of aromatic nitrogens is 3. The summed E-state index contributed by atoms with van der Waals surface area (Å²) >= 11 is 0. The van der Waals surface area contributed by atoms with E-state index in [1.807, 2.05) is 11.7 Å². The number of hydrogen-bond donors (Lipinski definition) is 1. The van der Waals surface area contributed by atoms with Gasteiger partial charge in [-0.05, 0) is 31.6 Å². The number of aryl methyl sites for hydroxylation is 1. The predicted molar refractivity (Wildman–Crippen MR) is 75.7 cm³/mol. The molecule has 1 aromatic rings. The first-order valence-electron chi connectivity index (χ1n) is 7.92. The third kappa shape index (κ3) is 2.69. The van der Waals surface area contributed by atoms with Gasteiger partial charge in [-0.2, -0.15) is 5.10 Å². The van der Waals surface area contributed by atoms with Crippen LogP contribution in [0.5, 0.6) is 0 Å². The van der Waals surface area contributed by atoms with Gasteiger partial charge in [-0.15, -0.1) is 0 Å². The standard InChI is InChI=1S/C15H26N4/c1-19-15(13(16)11-7-3-2-4-8-11)17-14(18-19)12-9-5-6-10-12/h11-13H,2-10,16H2,1H3. The fraction of sp³-hybridized carbons (Fsp3) is 0.867. The zero-order chi connectivity index (χ0) is 13.2. The first-order valence-corrected chi connectivity index (χ1v) is 7.92. The molecule has 1 heterocycles. The second-order valence-corrected chi connectivity index (χ2v) is 6.36. The summed E-state index contributed by atoms with van der Waals surface area (Å²) < 4.78 is 1.94. The molecule has 106 valence electrons. The molecule has 2 fully saturated rings. The minimum absolute atomic E-state index is 0.0768. The number of rotatable bonds is 3. The molecular formula is C15H26N4. The third-order valence-electron chi connectivity index (χ3n) is 4.99. The van der Waals surface area contributed by atoms with Gasteiger partial charge in [-0.1, -0.05) is 32.1 Å². The minimum Gasteiger partial charge on any atom is -0.321 e. The molecule has 2 saturated carbocycles. The van der Waals surface area contributed by atoms with Gasteiger partial charge < -0.3 is 5.73 Å². The maximum absolute atomic E-state index is 6.46. The molecule has 4 heteroatoms. The average Bonchev–Trinajstić information content (AvgIpc) is 3.08. The van der Waals surface area contributed by atoms with E-state index in [0.29, 0.717) is 11.8 Å². The molecule has 0 aromatic carbocycles. The van der Waals surface area contributed by atoms with Gasteiger partial charge in [0.25, 0.3) is 0 Å². The van der Waals surface area contributed by atoms with E-state index in [1.54, 1.807) is 0 Å². The maximum atomic E-state index is 6.46. The lowest BCUT2D eigenvalue weighted by Crippen LogP contribution is -2.26. The number of nitrogens with two attached hydrogens (primary N) is 1. The van der Waals surface area contributed by atoms with Crippen molar-refractivity contribution < 1.29 is 0 Å². The Kier molecular flexibility index (Phi) is 3.87. The first-order chi connectivity index (χ1) is 9.25. The SMILES string of the molecule is Cn1nc(C2CCCC2)nc1C(N)C1CCCCC1. The largest absolute Gasteiger partial charge is 0.321 e. The molecule has 1 unspecified atom stereocenters. The lowest BCUT2D eigenvalue weighted by Gasteiger charge is -2.26. The van der Waals surface area contributed by atoms with Crippen LogP contribution in [0, 0.1) is 5.92 Å². The summed E-state index contributed by atoms with van der Waals surface area (Å²) in [5, 5.41) is 4.63. The van der Waals surface area contributed by atoms with Crippen molar-refractivity contribution in [1.82, 2.24) is 14.8 Å². The fourth-order valence-electron chi connectivity index (χ4n) is 3.77. The second kappa shape index (κ2) is 5.61. The molecule has 19 heavy (non-hydrogen) atoms. The first kappa shape index (κ1) is 13.1. The molecule has 3 rings (SSSR count). The van der Waals surface area contributed by atoms with Crippen molar-refractivity contribution in [2.24, 2.45) is 18.7 Å². The van der Waals surface area contributed by atoms with Crippen LogP contribution in [-0.2, 0) is 7.05 Å². The highest BCUT2D eigenvalue weighted by Gasteiger charge is 2.28. The highest BCUT2D eigenvalue weighted by atomic mass is 15.3. The van der Waals surface area contributed by atoms with Crippen LogP contribution in [0.4, 0.5) is 0 Å². The number of nitrogens with zero attached hydrogens (tertiary/aromatic N) is 3. The van der Waals surface area contributed by atoms with Gasteiger partial charge in [0, 0.05) is 13.0 Å². The van der Waals surface area contributed by atoms with Crippen molar-refractivity contribution in [3.8, 4) is 0 Å². The highest BCUT2D eigenvalue weighted by molar-refractivity contribution is 5.05. The third-order valence-corrected chi connectivity index (χ3v) is 4.99. The van der Waals surface area contributed by atoms with E-state index >= 15 is 0 Å². The molecule has 0 saturated heterocycles. The molecule has 2 N–H and O–H groups in total. The Morgan fingerprint density at radius 2 is 1.68 bits per heavy atom. The van der Waals surface area contributed by atoms with Crippen LogP contribution in [0.15, 0.2) is 0 Å².